The van der Waals surface area contributed by atoms with Gasteiger partial charge in [0.1, 0.15) is 19.0 Å². The summed E-state index contributed by atoms with van der Waals surface area (Å²) in [6.45, 7) is 13.6. The van der Waals surface area contributed by atoms with E-state index in [1.54, 1.807) is 12.4 Å². The van der Waals surface area contributed by atoms with Crippen molar-refractivity contribution >= 4 is 18.8 Å². The Morgan fingerprint density at radius 2 is 1.88 bits per heavy atom. The Morgan fingerprint density at radius 3 is 2.47 bits per heavy atom. The number of halogens is 2. The summed E-state index contributed by atoms with van der Waals surface area (Å²) in [7, 11) is 0. The van der Waals surface area contributed by atoms with Gasteiger partial charge in [0, 0.05) is 55.2 Å². The van der Waals surface area contributed by atoms with Crippen LogP contribution in [0.1, 0.15) is 99.3 Å². The summed E-state index contributed by atoms with van der Waals surface area (Å²) in [6.07, 6.45) is 14.5. The molecule has 1 aromatic heterocycles. The standard InChI is InChI=1S/C27H35BF2N3O.C7H11N.Cr/c1-18-13-19(2)15-21(14-18)26-22(28-10-5-4-6-11-28)9-12-32(26)25(34)17-33-24(27(3,29)30)16-23(31-33)20-7-8-20;1-4-5-8-6-7(2)3;/h13-14,16,20,22,26H,4-12,17H2,1-3H3;4-6H,2H2,1,3H3;/q-1;;/b;5-4-,8-6?;/t22-,26-;;/m0../s1. The van der Waals surface area contributed by atoms with Crippen molar-refractivity contribution in [2.75, 3.05) is 6.54 Å². The first kappa shape index (κ1) is 35.0. The number of nitrogens with zero attached hydrogens (tertiary/aromatic N) is 4. The zero-order valence-electron chi connectivity index (χ0n) is 26.4. The Bertz CT molecular complexity index is 1290. The van der Waals surface area contributed by atoms with E-state index in [0.717, 1.165) is 42.9 Å². The van der Waals surface area contributed by atoms with Crippen molar-refractivity contribution < 1.29 is 30.9 Å². The molecule has 2 aliphatic heterocycles. The van der Waals surface area contributed by atoms with Gasteiger partial charge in [0.25, 0.3) is 5.92 Å². The molecule has 1 amide bonds. The second-order valence-electron chi connectivity index (χ2n) is 12.6. The summed E-state index contributed by atoms with van der Waals surface area (Å²) >= 11 is 0. The second kappa shape index (κ2) is 15.5. The number of aliphatic imine (C=N–C) groups is 1. The molecule has 3 aliphatic rings. The topological polar surface area (TPSA) is 50.5 Å². The van der Waals surface area contributed by atoms with Crippen molar-refractivity contribution in [2.24, 2.45) is 4.99 Å². The quantitative estimate of drug-likeness (QED) is 0.168. The number of hydrogen-bond donors (Lipinski definition) is 0. The molecule has 5 rings (SSSR count). The van der Waals surface area contributed by atoms with Crippen molar-refractivity contribution in [3.8, 4) is 0 Å². The number of alkyl halides is 2. The van der Waals surface area contributed by atoms with Crippen LogP contribution in [0.5, 0.6) is 0 Å². The number of carbonyl (C=O) groups excluding carboxylic acids is 1. The molecule has 232 valence electrons. The molecule has 1 aromatic carbocycles. The van der Waals surface area contributed by atoms with Crippen molar-refractivity contribution in [1.29, 1.82) is 0 Å². The monoisotopic (exact) mass is 627 g/mol. The number of amides is 1. The molecule has 43 heavy (non-hydrogen) atoms. The van der Waals surface area contributed by atoms with Gasteiger partial charge in [0.05, 0.1) is 5.69 Å². The number of rotatable bonds is 8. The molecule has 0 spiro atoms. The van der Waals surface area contributed by atoms with Crippen LogP contribution in [0.25, 0.3) is 0 Å². The fraction of sp³-hybridized carbons (Fsp3) is 0.559. The predicted octanol–water partition coefficient (Wildman–Crippen LogP) is 8.48. The van der Waals surface area contributed by atoms with Crippen molar-refractivity contribution in [3.05, 3.63) is 76.8 Å². The third kappa shape index (κ3) is 9.50. The van der Waals surface area contributed by atoms with Gasteiger partial charge in [0.2, 0.25) is 5.91 Å². The van der Waals surface area contributed by atoms with E-state index in [1.807, 2.05) is 31.7 Å². The Labute approximate surface area is 268 Å². The summed E-state index contributed by atoms with van der Waals surface area (Å²) in [5, 5.41) is 4.47. The molecular formula is C34H46BCrF2N4O-. The minimum Gasteiger partial charge on any atom is -0.337 e. The van der Waals surface area contributed by atoms with Gasteiger partial charge in [-0.25, -0.2) is 0 Å². The smallest absolute Gasteiger partial charge is 0.286 e. The fourth-order valence-electron chi connectivity index (χ4n) is 6.60. The second-order valence-corrected chi connectivity index (χ2v) is 12.6. The van der Waals surface area contributed by atoms with Gasteiger partial charge in [-0.3, -0.25) is 14.5 Å². The number of likely N-dealkylation sites (tertiary alicyclic amines) is 1. The maximum absolute atomic E-state index is 14.4. The fourth-order valence-corrected chi connectivity index (χ4v) is 6.60. The van der Waals surface area contributed by atoms with E-state index in [1.165, 1.54) is 48.2 Å². The summed E-state index contributed by atoms with van der Waals surface area (Å²) in [4.78, 5) is 19.5. The molecule has 2 atom stereocenters. The third-order valence-corrected chi connectivity index (χ3v) is 8.57. The normalized spacial score (nSPS) is 20.7. The molecule has 1 aliphatic carbocycles. The molecule has 2 saturated heterocycles. The van der Waals surface area contributed by atoms with Crippen LogP contribution in [-0.2, 0) is 34.6 Å². The van der Waals surface area contributed by atoms with Gasteiger partial charge in [-0.2, -0.15) is 43.2 Å². The van der Waals surface area contributed by atoms with Crippen LogP contribution in [0.3, 0.4) is 0 Å². The molecule has 9 heteroatoms. The average molecular weight is 628 g/mol. The van der Waals surface area contributed by atoms with Crippen LogP contribution < -0.4 is 0 Å². The largest absolute Gasteiger partial charge is 0.337 e. The number of hydrogen-bond acceptors (Lipinski definition) is 3. The molecule has 1 saturated carbocycles. The summed E-state index contributed by atoms with van der Waals surface area (Å²) < 4.78 is 30.0. The number of carbonyl (C=O) groups is 1. The zero-order chi connectivity index (χ0) is 30.4. The van der Waals surface area contributed by atoms with Gasteiger partial charge in [0.15, 0.2) is 0 Å². The zero-order valence-corrected chi connectivity index (χ0v) is 27.7. The molecular weight excluding hydrogens is 581 g/mol. The number of aromatic nitrogens is 2. The third-order valence-electron chi connectivity index (χ3n) is 8.57. The first-order valence-electron chi connectivity index (χ1n) is 15.5. The maximum atomic E-state index is 14.4. The Balaban J connectivity index is 0.000000497. The van der Waals surface area contributed by atoms with E-state index in [2.05, 4.69) is 41.8 Å². The minimum atomic E-state index is -3.03. The van der Waals surface area contributed by atoms with Crippen LogP contribution in [-0.4, -0.2) is 40.1 Å². The van der Waals surface area contributed by atoms with Crippen molar-refractivity contribution in [1.82, 2.24) is 14.7 Å². The predicted molar refractivity (Wildman–Crippen MR) is 169 cm³/mol. The van der Waals surface area contributed by atoms with Crippen LogP contribution >= 0.6 is 0 Å². The van der Waals surface area contributed by atoms with Gasteiger partial charge < -0.3 is 4.90 Å². The molecule has 0 unspecified atom stereocenters. The molecule has 2 aromatic rings. The Morgan fingerprint density at radius 1 is 1.19 bits per heavy atom. The number of allylic oxidation sites excluding steroid dienone is 2. The summed E-state index contributed by atoms with van der Waals surface area (Å²) in [5.41, 5.74) is 4.83. The number of benzene rings is 1. The van der Waals surface area contributed by atoms with E-state index in [4.69, 9.17) is 0 Å². The molecule has 3 fully saturated rings. The molecule has 0 bridgehead atoms. The van der Waals surface area contributed by atoms with Crippen LogP contribution in [0.2, 0.25) is 18.5 Å². The van der Waals surface area contributed by atoms with E-state index in [0.29, 0.717) is 24.8 Å². The van der Waals surface area contributed by atoms with Gasteiger partial charge >= 0.3 is 0 Å². The van der Waals surface area contributed by atoms with E-state index >= 15 is 0 Å². The molecule has 5 nitrogen and oxygen atoms in total. The van der Waals surface area contributed by atoms with Gasteiger partial charge in [-0.15, -0.1) is 5.56 Å². The van der Waals surface area contributed by atoms with Crippen LogP contribution in [0.4, 0.5) is 8.78 Å². The van der Waals surface area contributed by atoms with E-state index < -0.39 is 5.92 Å². The van der Waals surface area contributed by atoms with E-state index in [-0.39, 0.29) is 47.5 Å². The SMILES string of the molecule is C=C(C)C=N/C=C\C.Cc1[c-]c([C@H]2[C@@H](B3CCCCC3)CCN2C(=O)Cn2nc(C3CC3)cc2C(C)(F)F)cc(C)c1.[Cr]. The summed E-state index contributed by atoms with van der Waals surface area (Å²) in [5.74, 6) is -2.49. The number of aryl methyl sites for hydroxylation is 2. The van der Waals surface area contributed by atoms with Crippen LogP contribution in [0.15, 0.2) is 47.6 Å². The molecule has 3 heterocycles. The van der Waals surface area contributed by atoms with Gasteiger partial charge in [-0.1, -0.05) is 58.4 Å². The minimum absolute atomic E-state index is 0. The van der Waals surface area contributed by atoms with Crippen molar-refractivity contribution in [2.45, 2.75) is 116 Å². The van der Waals surface area contributed by atoms with Crippen LogP contribution in [0, 0.1) is 19.9 Å². The molecule has 0 radical (unpaired) electrons. The Hall–Kier alpha value is -2.49. The first-order valence-corrected chi connectivity index (χ1v) is 15.5. The van der Waals surface area contributed by atoms with E-state index in [9.17, 15) is 13.6 Å². The summed E-state index contributed by atoms with van der Waals surface area (Å²) in [6, 6.07) is 9.27. The average Bonchev–Trinajstić information content (AvgIpc) is 3.52. The van der Waals surface area contributed by atoms with Gasteiger partial charge in [-0.05, 0) is 50.6 Å². The maximum Gasteiger partial charge on any atom is 0.286 e. The first-order chi connectivity index (χ1) is 20.0. The van der Waals surface area contributed by atoms with Crippen molar-refractivity contribution in [3.63, 3.8) is 0 Å². The molecule has 0 N–H and O–H groups in total. The Kier molecular flexibility index (Phi) is 12.6.